The van der Waals surface area contributed by atoms with Crippen molar-refractivity contribution in [2.75, 3.05) is 11.4 Å². The van der Waals surface area contributed by atoms with Gasteiger partial charge in [-0.15, -0.1) is 10.2 Å². The SMILES string of the molecule is c1ccc(CSc2nnc3n2CCN3c2ccccc2)cc1. The predicted octanol–water partition coefficient (Wildman–Crippen LogP) is 3.72. The number of benzene rings is 2. The average molecular weight is 308 g/mol. The molecule has 0 bridgehead atoms. The van der Waals surface area contributed by atoms with Gasteiger partial charge >= 0.3 is 0 Å². The monoisotopic (exact) mass is 308 g/mol. The first kappa shape index (κ1) is 13.4. The van der Waals surface area contributed by atoms with Crippen molar-refractivity contribution in [1.82, 2.24) is 14.8 Å². The molecule has 0 aliphatic carbocycles. The van der Waals surface area contributed by atoms with Crippen LogP contribution >= 0.6 is 11.8 Å². The van der Waals surface area contributed by atoms with Gasteiger partial charge in [-0.05, 0) is 17.7 Å². The highest BCUT2D eigenvalue weighted by molar-refractivity contribution is 7.98. The lowest BCUT2D eigenvalue weighted by Crippen LogP contribution is -2.13. The van der Waals surface area contributed by atoms with Crippen molar-refractivity contribution in [3.8, 4) is 0 Å². The lowest BCUT2D eigenvalue weighted by atomic mass is 10.2. The summed E-state index contributed by atoms with van der Waals surface area (Å²) in [6.45, 7) is 1.89. The minimum Gasteiger partial charge on any atom is -0.309 e. The highest BCUT2D eigenvalue weighted by atomic mass is 32.2. The number of hydrogen-bond donors (Lipinski definition) is 0. The summed E-state index contributed by atoms with van der Waals surface area (Å²) in [6.07, 6.45) is 0. The molecule has 1 aliphatic heterocycles. The van der Waals surface area contributed by atoms with Crippen LogP contribution in [0.5, 0.6) is 0 Å². The zero-order valence-corrected chi connectivity index (χ0v) is 12.9. The van der Waals surface area contributed by atoms with Gasteiger partial charge in [-0.1, -0.05) is 60.3 Å². The molecule has 0 unspecified atom stereocenters. The van der Waals surface area contributed by atoms with Crippen molar-refractivity contribution in [3.05, 3.63) is 66.2 Å². The first-order chi connectivity index (χ1) is 10.9. The Hall–Kier alpha value is -2.27. The second-order valence-corrected chi connectivity index (χ2v) is 6.14. The van der Waals surface area contributed by atoms with Crippen LogP contribution in [0.25, 0.3) is 0 Å². The van der Waals surface area contributed by atoms with Crippen LogP contribution in [0.15, 0.2) is 65.8 Å². The number of hydrogen-bond acceptors (Lipinski definition) is 4. The van der Waals surface area contributed by atoms with E-state index in [4.69, 9.17) is 0 Å². The highest BCUT2D eigenvalue weighted by Gasteiger charge is 2.25. The van der Waals surface area contributed by atoms with Crippen molar-refractivity contribution < 1.29 is 0 Å². The summed E-state index contributed by atoms with van der Waals surface area (Å²) < 4.78 is 2.21. The second kappa shape index (κ2) is 5.85. The molecule has 4 nitrogen and oxygen atoms in total. The third-order valence-electron chi connectivity index (χ3n) is 3.76. The molecule has 0 fully saturated rings. The van der Waals surface area contributed by atoms with Gasteiger partial charge in [-0.25, -0.2) is 0 Å². The summed E-state index contributed by atoms with van der Waals surface area (Å²) in [7, 11) is 0. The molecular formula is C17H16N4S. The molecule has 0 radical (unpaired) electrons. The lowest BCUT2D eigenvalue weighted by molar-refractivity contribution is 0.704. The molecule has 22 heavy (non-hydrogen) atoms. The Labute approximate surface area is 133 Å². The topological polar surface area (TPSA) is 34.0 Å². The normalized spacial score (nSPS) is 13.4. The standard InChI is InChI=1S/C17H16N4S/c1-3-7-14(8-4-1)13-22-17-19-18-16-20(11-12-21(16)17)15-9-5-2-6-10-15/h1-10H,11-13H2. The van der Waals surface area contributed by atoms with Crippen LogP contribution in [-0.2, 0) is 12.3 Å². The van der Waals surface area contributed by atoms with Gasteiger partial charge < -0.3 is 4.90 Å². The van der Waals surface area contributed by atoms with E-state index in [2.05, 4.69) is 68.2 Å². The fourth-order valence-corrected chi connectivity index (χ4v) is 3.57. The van der Waals surface area contributed by atoms with Crippen LogP contribution in [0.3, 0.4) is 0 Å². The molecule has 1 aliphatic rings. The van der Waals surface area contributed by atoms with Gasteiger partial charge in [0.05, 0.1) is 0 Å². The number of rotatable bonds is 4. The molecule has 0 saturated carbocycles. The summed E-state index contributed by atoms with van der Waals surface area (Å²) in [5.41, 5.74) is 2.48. The third-order valence-corrected chi connectivity index (χ3v) is 4.80. The molecule has 2 aromatic carbocycles. The van der Waals surface area contributed by atoms with Crippen LogP contribution in [-0.4, -0.2) is 21.3 Å². The Balaban J connectivity index is 1.53. The van der Waals surface area contributed by atoms with E-state index in [-0.39, 0.29) is 0 Å². The minimum atomic E-state index is 0.921. The summed E-state index contributed by atoms with van der Waals surface area (Å²) in [5.74, 6) is 1.87. The van der Waals surface area contributed by atoms with E-state index in [0.29, 0.717) is 0 Å². The maximum Gasteiger partial charge on any atom is 0.232 e. The smallest absolute Gasteiger partial charge is 0.232 e. The molecule has 0 N–H and O–H groups in total. The minimum absolute atomic E-state index is 0.921. The molecule has 0 spiro atoms. The molecule has 0 saturated heterocycles. The fraction of sp³-hybridized carbons (Fsp3) is 0.176. The maximum absolute atomic E-state index is 4.38. The lowest BCUT2D eigenvalue weighted by Gasteiger charge is -2.14. The van der Waals surface area contributed by atoms with Crippen LogP contribution in [0, 0.1) is 0 Å². The van der Waals surface area contributed by atoms with Gasteiger partial charge in [0.1, 0.15) is 0 Å². The van der Waals surface area contributed by atoms with Gasteiger partial charge in [-0.3, -0.25) is 4.57 Å². The van der Waals surface area contributed by atoms with Gasteiger partial charge in [0.2, 0.25) is 5.95 Å². The number of fused-ring (bicyclic) bond motifs is 1. The summed E-state index contributed by atoms with van der Waals surface area (Å²) in [5, 5.41) is 9.75. The van der Waals surface area contributed by atoms with Crippen molar-refractivity contribution in [2.45, 2.75) is 17.5 Å². The van der Waals surface area contributed by atoms with Crippen LogP contribution in [0.1, 0.15) is 5.56 Å². The van der Waals surface area contributed by atoms with E-state index in [1.165, 1.54) is 11.3 Å². The van der Waals surface area contributed by atoms with Crippen molar-refractivity contribution in [3.63, 3.8) is 0 Å². The van der Waals surface area contributed by atoms with Gasteiger partial charge in [0.25, 0.3) is 0 Å². The second-order valence-electron chi connectivity index (χ2n) is 5.20. The van der Waals surface area contributed by atoms with E-state index >= 15 is 0 Å². The number of nitrogens with zero attached hydrogens (tertiary/aromatic N) is 4. The number of aromatic nitrogens is 3. The van der Waals surface area contributed by atoms with Crippen LogP contribution < -0.4 is 4.90 Å². The first-order valence-electron chi connectivity index (χ1n) is 7.34. The largest absolute Gasteiger partial charge is 0.309 e. The molecular weight excluding hydrogens is 292 g/mol. The fourth-order valence-electron chi connectivity index (χ4n) is 2.66. The van der Waals surface area contributed by atoms with Gasteiger partial charge in [-0.2, -0.15) is 0 Å². The molecule has 0 atom stereocenters. The molecule has 5 heteroatoms. The Morgan fingerprint density at radius 1 is 0.864 bits per heavy atom. The van der Waals surface area contributed by atoms with Crippen molar-refractivity contribution in [1.29, 1.82) is 0 Å². The Bertz CT molecular complexity index is 755. The zero-order valence-electron chi connectivity index (χ0n) is 12.1. The Kier molecular flexibility index (Phi) is 3.56. The van der Waals surface area contributed by atoms with Crippen LogP contribution in [0.2, 0.25) is 0 Å². The number of para-hydroxylation sites is 1. The maximum atomic E-state index is 4.38. The van der Waals surface area contributed by atoms with Gasteiger partial charge in [0, 0.05) is 24.5 Å². The zero-order chi connectivity index (χ0) is 14.8. The average Bonchev–Trinajstić information content (AvgIpc) is 3.17. The first-order valence-corrected chi connectivity index (χ1v) is 8.33. The predicted molar refractivity (Wildman–Crippen MR) is 89.5 cm³/mol. The van der Waals surface area contributed by atoms with Gasteiger partial charge in [0.15, 0.2) is 5.16 Å². The van der Waals surface area contributed by atoms with E-state index in [1.54, 1.807) is 11.8 Å². The summed E-state index contributed by atoms with van der Waals surface area (Å²) in [6, 6.07) is 20.8. The summed E-state index contributed by atoms with van der Waals surface area (Å²) in [4.78, 5) is 2.22. The van der Waals surface area contributed by atoms with Crippen LogP contribution in [0.4, 0.5) is 11.6 Å². The van der Waals surface area contributed by atoms with E-state index in [1.807, 2.05) is 12.1 Å². The Morgan fingerprint density at radius 3 is 2.36 bits per heavy atom. The molecule has 2 heterocycles. The number of anilines is 2. The molecule has 4 rings (SSSR count). The summed E-state index contributed by atoms with van der Waals surface area (Å²) >= 11 is 1.75. The van der Waals surface area contributed by atoms with E-state index < -0.39 is 0 Å². The van der Waals surface area contributed by atoms with E-state index in [9.17, 15) is 0 Å². The number of thioether (sulfide) groups is 1. The Morgan fingerprint density at radius 2 is 1.59 bits per heavy atom. The molecule has 3 aromatic rings. The third kappa shape index (κ3) is 2.48. The van der Waals surface area contributed by atoms with Crippen molar-refractivity contribution in [2.24, 2.45) is 0 Å². The highest BCUT2D eigenvalue weighted by Crippen LogP contribution is 2.32. The molecule has 1 aromatic heterocycles. The quantitative estimate of drug-likeness (QED) is 0.688. The van der Waals surface area contributed by atoms with E-state index in [0.717, 1.165) is 29.9 Å². The molecule has 0 amide bonds. The van der Waals surface area contributed by atoms with Crippen molar-refractivity contribution >= 4 is 23.4 Å². The molecule has 110 valence electrons.